The van der Waals surface area contributed by atoms with Gasteiger partial charge in [0.2, 0.25) is 0 Å². The maximum atomic E-state index is 9.54. The number of hydrogen-bond donors (Lipinski definition) is 3. The summed E-state index contributed by atoms with van der Waals surface area (Å²) in [7, 11) is 1.53. The summed E-state index contributed by atoms with van der Waals surface area (Å²) < 4.78 is 0. The first kappa shape index (κ1) is 19.0. The third-order valence-corrected chi connectivity index (χ3v) is 1.01. The number of nitrogens with two attached hydrogens (primary N) is 1. The Morgan fingerprint density at radius 2 is 1.57 bits per heavy atom. The molecule has 14 heavy (non-hydrogen) atoms. The average Bonchev–Trinajstić information content (AvgIpc) is 2.16. The molecule has 0 aliphatic rings. The smallest absolute Gasteiger partial charge is 0.188 e. The number of nitrogens with zero attached hydrogens (tertiary/aromatic N) is 1. The minimum absolute atomic E-state index is 0. The number of aliphatic hydroxyl groups excluding tert-OH is 2. The largest absolute Gasteiger partial charge is 0.382 e. The van der Waals surface area contributed by atoms with Crippen LogP contribution in [0, 0.1) is 0 Å². The second kappa shape index (κ2) is 12.3. The fourth-order valence-electron chi connectivity index (χ4n) is 0.161. The molecule has 0 saturated heterocycles. The normalized spacial score (nSPS) is 13.9. The lowest BCUT2D eigenvalue weighted by atomic mass is 10.2. The maximum Gasteiger partial charge on any atom is 0.188 e. The molecule has 2 unspecified atom stereocenters. The Balaban J connectivity index is -0.000000177. The van der Waals surface area contributed by atoms with Gasteiger partial charge in [0.05, 0.1) is 0 Å². The molecular formula is C6H12Cl2N2O4. The van der Waals surface area contributed by atoms with E-state index >= 15 is 0 Å². The van der Waals surface area contributed by atoms with Crippen LogP contribution in [-0.4, -0.2) is 47.3 Å². The zero-order valence-corrected chi connectivity index (χ0v) is 8.90. The lowest BCUT2D eigenvalue weighted by Crippen LogP contribution is -2.27. The van der Waals surface area contributed by atoms with Gasteiger partial charge in [-0.25, -0.2) is 0 Å². The van der Waals surface area contributed by atoms with Crippen molar-refractivity contribution in [3.63, 3.8) is 0 Å². The van der Waals surface area contributed by atoms with E-state index in [0.717, 1.165) is 0 Å². The zero-order valence-electron chi connectivity index (χ0n) is 7.33. The first-order valence-corrected chi connectivity index (χ1v) is 3.51. The molecule has 0 radical (unpaired) electrons. The number of aliphatic imine (C=N–C) groups is 1. The van der Waals surface area contributed by atoms with E-state index in [1.165, 1.54) is 7.05 Å². The molecule has 0 spiro atoms. The van der Waals surface area contributed by atoms with E-state index in [1.54, 1.807) is 0 Å². The molecule has 2 atom stereocenters. The van der Waals surface area contributed by atoms with E-state index < -0.39 is 12.2 Å². The Morgan fingerprint density at radius 1 is 1.36 bits per heavy atom. The van der Waals surface area contributed by atoms with E-state index in [2.05, 4.69) is 4.99 Å². The van der Waals surface area contributed by atoms with Gasteiger partial charge in [0, 0.05) is 7.05 Å². The SMILES string of the molecule is CN=C(N)Cl.Cl.O=CC(O)C(O)C=O. The molecule has 0 bridgehead atoms. The highest BCUT2D eigenvalue weighted by atomic mass is 35.5. The van der Waals surface area contributed by atoms with Gasteiger partial charge in [-0.15, -0.1) is 12.4 Å². The first-order chi connectivity index (χ1) is 5.99. The number of aliphatic hydroxyl groups is 2. The third-order valence-electron chi connectivity index (χ3n) is 0.842. The second-order valence-corrected chi connectivity index (χ2v) is 2.19. The highest BCUT2D eigenvalue weighted by molar-refractivity contribution is 6.64. The van der Waals surface area contributed by atoms with Gasteiger partial charge in [-0.2, -0.15) is 0 Å². The Kier molecular flexibility index (Phi) is 16.7. The van der Waals surface area contributed by atoms with Crippen LogP contribution in [0.3, 0.4) is 0 Å². The zero-order chi connectivity index (χ0) is 10.9. The van der Waals surface area contributed by atoms with Crippen molar-refractivity contribution in [1.82, 2.24) is 0 Å². The van der Waals surface area contributed by atoms with Crippen molar-refractivity contribution in [2.24, 2.45) is 10.7 Å². The average molecular weight is 247 g/mol. The molecule has 0 saturated carbocycles. The summed E-state index contributed by atoms with van der Waals surface area (Å²) >= 11 is 4.99. The molecular weight excluding hydrogens is 235 g/mol. The van der Waals surface area contributed by atoms with Crippen LogP contribution in [0.5, 0.6) is 0 Å². The van der Waals surface area contributed by atoms with E-state index in [0.29, 0.717) is 0 Å². The van der Waals surface area contributed by atoms with Crippen LogP contribution in [0.1, 0.15) is 0 Å². The quantitative estimate of drug-likeness (QED) is 0.248. The van der Waals surface area contributed by atoms with Crippen molar-refractivity contribution in [1.29, 1.82) is 0 Å². The molecule has 0 fully saturated rings. The van der Waals surface area contributed by atoms with E-state index in [9.17, 15) is 9.59 Å². The van der Waals surface area contributed by atoms with Gasteiger partial charge in [-0.1, -0.05) is 0 Å². The van der Waals surface area contributed by atoms with Gasteiger partial charge >= 0.3 is 0 Å². The van der Waals surface area contributed by atoms with Crippen molar-refractivity contribution in [2.45, 2.75) is 12.2 Å². The minimum Gasteiger partial charge on any atom is -0.382 e. The fraction of sp³-hybridized carbons (Fsp3) is 0.500. The lowest BCUT2D eigenvalue weighted by Gasteiger charge is -2.01. The molecule has 0 aliphatic heterocycles. The highest BCUT2D eigenvalue weighted by Gasteiger charge is 2.12. The van der Waals surface area contributed by atoms with E-state index in [4.69, 9.17) is 27.5 Å². The summed E-state index contributed by atoms with van der Waals surface area (Å²) in [5.41, 5.74) is 4.81. The predicted octanol–water partition coefficient (Wildman–Crippen LogP) is -1.30. The lowest BCUT2D eigenvalue weighted by molar-refractivity contribution is -0.129. The predicted molar refractivity (Wildman–Crippen MR) is 54.8 cm³/mol. The van der Waals surface area contributed by atoms with Gasteiger partial charge in [-0.05, 0) is 11.6 Å². The number of halogens is 2. The number of rotatable bonds is 3. The Bertz CT molecular complexity index is 173. The second-order valence-electron chi connectivity index (χ2n) is 1.80. The van der Waals surface area contributed by atoms with Gasteiger partial charge in [0.25, 0.3) is 0 Å². The van der Waals surface area contributed by atoms with Crippen molar-refractivity contribution in [3.8, 4) is 0 Å². The Morgan fingerprint density at radius 3 is 1.64 bits per heavy atom. The Hall–Kier alpha value is -0.690. The van der Waals surface area contributed by atoms with Gasteiger partial charge in [-0.3, -0.25) is 4.99 Å². The molecule has 6 nitrogen and oxygen atoms in total. The monoisotopic (exact) mass is 246 g/mol. The number of carbonyl (C=O) groups excluding carboxylic acids is 2. The van der Waals surface area contributed by atoms with Crippen LogP contribution >= 0.6 is 24.0 Å². The summed E-state index contributed by atoms with van der Waals surface area (Å²) in [6, 6.07) is 0. The molecule has 0 amide bonds. The van der Waals surface area contributed by atoms with Gasteiger partial charge < -0.3 is 25.5 Å². The number of aldehydes is 2. The van der Waals surface area contributed by atoms with Crippen LogP contribution in [-0.2, 0) is 9.59 Å². The van der Waals surface area contributed by atoms with Crippen molar-refractivity contribution < 1.29 is 19.8 Å². The molecule has 0 aromatic carbocycles. The molecule has 0 heterocycles. The van der Waals surface area contributed by atoms with E-state index in [1.807, 2.05) is 0 Å². The van der Waals surface area contributed by atoms with Gasteiger partial charge in [0.15, 0.2) is 17.9 Å². The number of amidine groups is 1. The maximum absolute atomic E-state index is 9.54. The summed E-state index contributed by atoms with van der Waals surface area (Å²) in [5.74, 6) is 0. The molecule has 0 aromatic rings. The Labute approximate surface area is 92.2 Å². The standard InChI is InChI=1S/C4H6O4.C2H5ClN2.ClH/c5-1-3(7)4(8)2-6;1-5-2(3)4;/h1-4,7-8H;1H3,(H2,4,5);1H. The van der Waals surface area contributed by atoms with Crippen molar-refractivity contribution >= 4 is 41.9 Å². The van der Waals surface area contributed by atoms with Crippen LogP contribution < -0.4 is 5.73 Å². The van der Waals surface area contributed by atoms with Crippen LogP contribution in [0.2, 0.25) is 0 Å². The van der Waals surface area contributed by atoms with E-state index in [-0.39, 0.29) is 30.3 Å². The minimum atomic E-state index is -1.58. The van der Waals surface area contributed by atoms with Crippen LogP contribution in [0.4, 0.5) is 0 Å². The summed E-state index contributed by atoms with van der Waals surface area (Å²) in [5, 5.41) is 16.7. The summed E-state index contributed by atoms with van der Waals surface area (Å²) in [4.78, 5) is 22.4. The molecule has 4 N–H and O–H groups in total. The molecule has 0 aliphatic carbocycles. The van der Waals surface area contributed by atoms with Crippen LogP contribution in [0.25, 0.3) is 0 Å². The highest BCUT2D eigenvalue weighted by Crippen LogP contribution is 1.82. The first-order valence-electron chi connectivity index (χ1n) is 3.14. The summed E-state index contributed by atoms with van der Waals surface area (Å²) in [6.45, 7) is 0. The third kappa shape index (κ3) is 13.9. The van der Waals surface area contributed by atoms with Gasteiger partial charge in [0.1, 0.15) is 12.2 Å². The fourth-order valence-corrected chi connectivity index (χ4v) is 0.161. The molecule has 84 valence electrons. The van der Waals surface area contributed by atoms with Crippen molar-refractivity contribution in [2.75, 3.05) is 7.05 Å². The van der Waals surface area contributed by atoms with Crippen LogP contribution in [0.15, 0.2) is 4.99 Å². The number of hydrogen-bond acceptors (Lipinski definition) is 5. The topological polar surface area (TPSA) is 113 Å². The molecule has 0 aromatic heterocycles. The summed E-state index contributed by atoms with van der Waals surface area (Å²) in [6.07, 6.45) is -2.96. The molecule has 0 rings (SSSR count). The number of carbonyl (C=O) groups is 2. The molecule has 8 heteroatoms. The van der Waals surface area contributed by atoms with Crippen molar-refractivity contribution in [3.05, 3.63) is 0 Å².